The Kier molecular flexibility index (Phi) is 5.15. The molecular weight excluding hydrogens is 216 g/mol. The first-order valence-corrected chi connectivity index (χ1v) is 6.05. The molecule has 0 radical (unpaired) electrons. The molecule has 1 aromatic heterocycles. The molecule has 0 bridgehead atoms. The Morgan fingerprint density at radius 3 is 2.65 bits per heavy atom. The van der Waals surface area contributed by atoms with Crippen LogP contribution in [-0.4, -0.2) is 40.8 Å². The molecule has 0 aromatic carbocycles. The predicted octanol–water partition coefficient (Wildman–Crippen LogP) is 1.42. The molecule has 0 atom stereocenters. The van der Waals surface area contributed by atoms with Crippen molar-refractivity contribution in [3.8, 4) is 0 Å². The van der Waals surface area contributed by atoms with Crippen molar-refractivity contribution in [3.05, 3.63) is 11.8 Å². The van der Waals surface area contributed by atoms with Crippen molar-refractivity contribution in [2.75, 3.05) is 29.9 Å². The van der Waals surface area contributed by atoms with Gasteiger partial charge in [-0.3, -0.25) is 0 Å². The average molecular weight is 238 g/mol. The highest BCUT2D eigenvalue weighted by atomic mass is 16.3. The monoisotopic (exact) mass is 238 g/mol. The van der Waals surface area contributed by atoms with Crippen LogP contribution in [0, 0.1) is 6.92 Å². The molecule has 96 valence electrons. The van der Waals surface area contributed by atoms with Crippen LogP contribution in [-0.2, 0) is 0 Å². The molecule has 1 aromatic rings. The van der Waals surface area contributed by atoms with Gasteiger partial charge in [0.2, 0.25) is 5.95 Å². The Labute approximate surface area is 103 Å². The predicted molar refractivity (Wildman–Crippen MR) is 70.5 cm³/mol. The molecule has 0 amide bonds. The zero-order chi connectivity index (χ0) is 12.8. The van der Waals surface area contributed by atoms with Gasteiger partial charge in [0, 0.05) is 30.9 Å². The summed E-state index contributed by atoms with van der Waals surface area (Å²) in [5.74, 6) is 1.50. The topological polar surface area (TPSA) is 61.3 Å². The van der Waals surface area contributed by atoms with Crippen molar-refractivity contribution in [1.29, 1.82) is 0 Å². The van der Waals surface area contributed by atoms with E-state index in [-0.39, 0.29) is 6.61 Å². The van der Waals surface area contributed by atoms with E-state index in [1.807, 2.05) is 19.9 Å². The van der Waals surface area contributed by atoms with Crippen molar-refractivity contribution in [2.24, 2.45) is 0 Å². The number of anilines is 2. The van der Waals surface area contributed by atoms with E-state index in [4.69, 9.17) is 5.11 Å². The van der Waals surface area contributed by atoms with Gasteiger partial charge in [-0.15, -0.1) is 0 Å². The number of aryl methyl sites for hydroxylation is 1. The lowest BCUT2D eigenvalue weighted by molar-refractivity contribution is 0.298. The van der Waals surface area contributed by atoms with Gasteiger partial charge >= 0.3 is 0 Å². The first-order valence-electron chi connectivity index (χ1n) is 6.05. The summed E-state index contributed by atoms with van der Waals surface area (Å²) in [6.07, 6.45) is 0. The van der Waals surface area contributed by atoms with Gasteiger partial charge in [0.25, 0.3) is 0 Å². The lowest BCUT2D eigenvalue weighted by Crippen LogP contribution is -2.34. The number of rotatable bonds is 6. The van der Waals surface area contributed by atoms with Crippen LogP contribution in [0.1, 0.15) is 26.5 Å². The highest BCUT2D eigenvalue weighted by Crippen LogP contribution is 2.16. The third-order valence-electron chi connectivity index (χ3n) is 2.43. The second kappa shape index (κ2) is 6.39. The van der Waals surface area contributed by atoms with Gasteiger partial charge in [0.15, 0.2) is 0 Å². The maximum atomic E-state index is 9.09. The number of aromatic nitrogens is 2. The molecule has 0 fully saturated rings. The molecule has 0 saturated carbocycles. The van der Waals surface area contributed by atoms with Crippen molar-refractivity contribution in [2.45, 2.75) is 33.7 Å². The van der Waals surface area contributed by atoms with Crippen LogP contribution < -0.4 is 10.2 Å². The zero-order valence-corrected chi connectivity index (χ0v) is 11.1. The van der Waals surface area contributed by atoms with E-state index in [0.29, 0.717) is 18.5 Å². The van der Waals surface area contributed by atoms with E-state index in [1.165, 1.54) is 0 Å². The van der Waals surface area contributed by atoms with Gasteiger partial charge in [-0.05, 0) is 27.7 Å². The van der Waals surface area contributed by atoms with Crippen LogP contribution >= 0.6 is 0 Å². The number of nitrogens with zero attached hydrogens (tertiary/aromatic N) is 3. The molecule has 2 N–H and O–H groups in total. The van der Waals surface area contributed by atoms with Crippen LogP contribution in [0.2, 0.25) is 0 Å². The lowest BCUT2D eigenvalue weighted by Gasteiger charge is -2.27. The molecule has 1 rings (SSSR count). The third-order valence-corrected chi connectivity index (χ3v) is 2.43. The van der Waals surface area contributed by atoms with E-state index in [2.05, 4.69) is 34.0 Å². The summed E-state index contributed by atoms with van der Waals surface area (Å²) in [5.41, 5.74) is 0.925. The minimum absolute atomic E-state index is 0.123. The van der Waals surface area contributed by atoms with E-state index >= 15 is 0 Å². The first-order chi connectivity index (χ1) is 8.08. The summed E-state index contributed by atoms with van der Waals surface area (Å²) in [4.78, 5) is 10.8. The second-order valence-electron chi connectivity index (χ2n) is 4.23. The maximum Gasteiger partial charge on any atom is 0.224 e. The second-order valence-corrected chi connectivity index (χ2v) is 4.23. The Bertz CT molecular complexity index is 354. The number of hydrogen-bond donors (Lipinski definition) is 2. The SMILES string of the molecule is CCNc1nc(C)cc(N(CCO)C(C)C)n1. The normalized spacial score (nSPS) is 10.7. The third kappa shape index (κ3) is 3.85. The van der Waals surface area contributed by atoms with Gasteiger partial charge in [0.05, 0.1) is 6.61 Å². The summed E-state index contributed by atoms with van der Waals surface area (Å²) < 4.78 is 0. The Balaban J connectivity index is 3.00. The molecule has 0 aliphatic rings. The van der Waals surface area contributed by atoms with Gasteiger partial charge in [-0.2, -0.15) is 4.98 Å². The summed E-state index contributed by atoms with van der Waals surface area (Å²) >= 11 is 0. The van der Waals surface area contributed by atoms with Crippen LogP contribution in [0.4, 0.5) is 11.8 Å². The molecule has 17 heavy (non-hydrogen) atoms. The van der Waals surface area contributed by atoms with Gasteiger partial charge < -0.3 is 15.3 Å². The maximum absolute atomic E-state index is 9.09. The van der Waals surface area contributed by atoms with Crippen LogP contribution in [0.5, 0.6) is 0 Å². The summed E-state index contributed by atoms with van der Waals surface area (Å²) in [6, 6.07) is 2.24. The standard InChI is InChI=1S/C12H22N4O/c1-5-13-12-14-10(4)8-11(15-12)16(6-7-17)9(2)3/h8-9,17H,5-7H2,1-4H3,(H,13,14,15). The van der Waals surface area contributed by atoms with Crippen molar-refractivity contribution in [1.82, 2.24) is 9.97 Å². The molecule has 5 heteroatoms. The van der Waals surface area contributed by atoms with E-state index in [1.54, 1.807) is 0 Å². The highest BCUT2D eigenvalue weighted by molar-refractivity contribution is 5.45. The Hall–Kier alpha value is -1.36. The molecule has 0 saturated heterocycles. The van der Waals surface area contributed by atoms with E-state index < -0.39 is 0 Å². The summed E-state index contributed by atoms with van der Waals surface area (Å²) in [6.45, 7) is 9.63. The minimum Gasteiger partial charge on any atom is -0.395 e. The summed E-state index contributed by atoms with van der Waals surface area (Å²) in [5, 5.41) is 12.2. The number of aliphatic hydroxyl groups is 1. The van der Waals surface area contributed by atoms with Crippen LogP contribution in [0.3, 0.4) is 0 Å². The van der Waals surface area contributed by atoms with Crippen molar-refractivity contribution < 1.29 is 5.11 Å². The van der Waals surface area contributed by atoms with E-state index in [9.17, 15) is 0 Å². The lowest BCUT2D eigenvalue weighted by atomic mass is 10.3. The van der Waals surface area contributed by atoms with Crippen LogP contribution in [0.25, 0.3) is 0 Å². The fourth-order valence-corrected chi connectivity index (χ4v) is 1.68. The Morgan fingerprint density at radius 1 is 1.41 bits per heavy atom. The van der Waals surface area contributed by atoms with E-state index in [0.717, 1.165) is 18.1 Å². The highest BCUT2D eigenvalue weighted by Gasteiger charge is 2.13. The molecule has 0 aliphatic heterocycles. The minimum atomic E-state index is 0.123. The van der Waals surface area contributed by atoms with Crippen molar-refractivity contribution >= 4 is 11.8 Å². The largest absolute Gasteiger partial charge is 0.395 e. The van der Waals surface area contributed by atoms with Crippen molar-refractivity contribution in [3.63, 3.8) is 0 Å². The molecule has 5 nitrogen and oxygen atoms in total. The molecule has 1 heterocycles. The fraction of sp³-hybridized carbons (Fsp3) is 0.667. The number of hydrogen-bond acceptors (Lipinski definition) is 5. The molecule has 0 aliphatic carbocycles. The fourth-order valence-electron chi connectivity index (χ4n) is 1.68. The van der Waals surface area contributed by atoms with Gasteiger partial charge in [-0.25, -0.2) is 4.98 Å². The zero-order valence-electron chi connectivity index (χ0n) is 11.1. The van der Waals surface area contributed by atoms with Gasteiger partial charge in [0.1, 0.15) is 5.82 Å². The molecule has 0 unspecified atom stereocenters. The molecular formula is C12H22N4O. The number of nitrogens with one attached hydrogen (secondary N) is 1. The van der Waals surface area contributed by atoms with Gasteiger partial charge in [-0.1, -0.05) is 0 Å². The smallest absolute Gasteiger partial charge is 0.224 e. The quantitative estimate of drug-likeness (QED) is 0.785. The summed E-state index contributed by atoms with van der Waals surface area (Å²) in [7, 11) is 0. The number of aliphatic hydroxyl groups excluding tert-OH is 1. The molecule has 0 spiro atoms. The van der Waals surface area contributed by atoms with Crippen LogP contribution in [0.15, 0.2) is 6.07 Å². The first kappa shape index (κ1) is 13.7. The average Bonchev–Trinajstić information content (AvgIpc) is 2.25. The Morgan fingerprint density at radius 2 is 2.12 bits per heavy atom.